The Labute approximate surface area is 123 Å². The Morgan fingerprint density at radius 1 is 1.15 bits per heavy atom. The molecule has 0 aliphatic heterocycles. The average Bonchev–Trinajstić information content (AvgIpc) is 2.48. The molecule has 0 bridgehead atoms. The standard InChI is InChI=1S/C17H12ClNO/c1-2-11-17(20,15-5-3-4-6-16(15)18)14-9-7-13(12-19)8-10-14/h1,3-10,20H,11H2/t17-/m1/s1. The number of nitrogens with zero attached hydrogens (tertiary/aromatic N) is 1. The van der Waals surface area contributed by atoms with Crippen molar-refractivity contribution in [3.8, 4) is 18.4 Å². The lowest BCUT2D eigenvalue weighted by atomic mass is 9.83. The zero-order valence-corrected chi connectivity index (χ0v) is 11.4. The van der Waals surface area contributed by atoms with E-state index in [1.165, 1.54) is 0 Å². The Morgan fingerprint density at radius 3 is 2.35 bits per heavy atom. The van der Waals surface area contributed by atoms with Gasteiger partial charge in [0.2, 0.25) is 0 Å². The van der Waals surface area contributed by atoms with Crippen LogP contribution in [0.1, 0.15) is 23.1 Å². The highest BCUT2D eigenvalue weighted by molar-refractivity contribution is 6.31. The summed E-state index contributed by atoms with van der Waals surface area (Å²) in [6.45, 7) is 0. The second-order valence-electron chi connectivity index (χ2n) is 4.41. The first kappa shape index (κ1) is 14.2. The summed E-state index contributed by atoms with van der Waals surface area (Å²) in [6, 6.07) is 15.8. The molecule has 3 heteroatoms. The molecule has 2 aromatic carbocycles. The maximum Gasteiger partial charge on any atom is 0.127 e. The fraction of sp³-hybridized carbons (Fsp3) is 0.118. The molecule has 2 aromatic rings. The molecule has 0 aliphatic carbocycles. The quantitative estimate of drug-likeness (QED) is 0.876. The first-order valence-electron chi connectivity index (χ1n) is 6.03. The predicted molar refractivity (Wildman–Crippen MR) is 79.1 cm³/mol. The van der Waals surface area contributed by atoms with Gasteiger partial charge in [0, 0.05) is 17.0 Å². The molecular formula is C17H12ClNO. The van der Waals surface area contributed by atoms with Crippen molar-refractivity contribution in [1.82, 2.24) is 0 Å². The van der Waals surface area contributed by atoms with Crippen LogP contribution in [-0.2, 0) is 5.60 Å². The summed E-state index contributed by atoms with van der Waals surface area (Å²) in [5.74, 6) is 2.49. The smallest absolute Gasteiger partial charge is 0.127 e. The topological polar surface area (TPSA) is 44.0 Å². The van der Waals surface area contributed by atoms with E-state index in [-0.39, 0.29) is 6.42 Å². The Hall–Kier alpha value is -2.26. The molecule has 0 fully saturated rings. The van der Waals surface area contributed by atoms with Gasteiger partial charge in [0.1, 0.15) is 5.60 Å². The lowest BCUT2D eigenvalue weighted by Gasteiger charge is -2.28. The Morgan fingerprint density at radius 2 is 1.80 bits per heavy atom. The molecule has 20 heavy (non-hydrogen) atoms. The van der Waals surface area contributed by atoms with Crippen molar-refractivity contribution in [2.24, 2.45) is 0 Å². The summed E-state index contributed by atoms with van der Waals surface area (Å²) < 4.78 is 0. The summed E-state index contributed by atoms with van der Waals surface area (Å²) in [4.78, 5) is 0. The largest absolute Gasteiger partial charge is 0.379 e. The van der Waals surface area contributed by atoms with Crippen LogP contribution >= 0.6 is 11.6 Å². The number of halogens is 1. The summed E-state index contributed by atoms with van der Waals surface area (Å²) in [7, 11) is 0. The van der Waals surface area contributed by atoms with Crippen molar-refractivity contribution < 1.29 is 5.11 Å². The van der Waals surface area contributed by atoms with E-state index in [0.717, 1.165) is 0 Å². The van der Waals surface area contributed by atoms with Gasteiger partial charge in [-0.1, -0.05) is 41.9 Å². The summed E-state index contributed by atoms with van der Waals surface area (Å²) in [5, 5.41) is 20.3. The van der Waals surface area contributed by atoms with Crippen molar-refractivity contribution in [3.63, 3.8) is 0 Å². The first-order chi connectivity index (χ1) is 9.61. The second-order valence-corrected chi connectivity index (χ2v) is 4.82. The molecule has 0 saturated carbocycles. The Bertz CT molecular complexity index is 694. The number of terminal acetylenes is 1. The fourth-order valence-electron chi connectivity index (χ4n) is 2.12. The summed E-state index contributed by atoms with van der Waals surface area (Å²) in [5.41, 5.74) is 0.337. The lowest BCUT2D eigenvalue weighted by molar-refractivity contribution is 0.0866. The average molecular weight is 282 g/mol. The van der Waals surface area contributed by atoms with Crippen LogP contribution in [0.15, 0.2) is 48.5 Å². The van der Waals surface area contributed by atoms with Crippen LogP contribution in [0.3, 0.4) is 0 Å². The zero-order chi connectivity index (χ0) is 14.6. The van der Waals surface area contributed by atoms with E-state index in [4.69, 9.17) is 23.3 Å². The molecule has 1 atom stereocenters. The number of aliphatic hydroxyl groups is 1. The van der Waals surface area contributed by atoms with Gasteiger partial charge in [0.05, 0.1) is 11.6 Å². The Balaban J connectivity index is 2.58. The van der Waals surface area contributed by atoms with Gasteiger partial charge >= 0.3 is 0 Å². The third-order valence-electron chi connectivity index (χ3n) is 3.17. The minimum absolute atomic E-state index is 0.0998. The second kappa shape index (κ2) is 5.80. The molecule has 0 unspecified atom stereocenters. The maximum atomic E-state index is 11.0. The Kier molecular flexibility index (Phi) is 4.11. The van der Waals surface area contributed by atoms with Crippen molar-refractivity contribution in [2.75, 3.05) is 0 Å². The summed E-state index contributed by atoms with van der Waals surface area (Å²) >= 11 is 6.17. The van der Waals surface area contributed by atoms with Gasteiger partial charge in [-0.2, -0.15) is 5.26 Å². The molecule has 2 rings (SSSR count). The van der Waals surface area contributed by atoms with Crippen molar-refractivity contribution in [1.29, 1.82) is 5.26 Å². The first-order valence-corrected chi connectivity index (χ1v) is 6.41. The van der Waals surface area contributed by atoms with Crippen molar-refractivity contribution in [3.05, 3.63) is 70.2 Å². The van der Waals surface area contributed by atoms with E-state index < -0.39 is 5.60 Å². The summed E-state index contributed by atoms with van der Waals surface area (Å²) in [6.07, 6.45) is 5.49. The number of rotatable bonds is 3. The molecule has 0 aromatic heterocycles. The van der Waals surface area contributed by atoms with Crippen LogP contribution in [0.4, 0.5) is 0 Å². The molecule has 0 saturated heterocycles. The van der Waals surface area contributed by atoms with Gasteiger partial charge in [-0.05, 0) is 23.8 Å². The number of nitriles is 1. The third-order valence-corrected chi connectivity index (χ3v) is 3.50. The van der Waals surface area contributed by atoms with E-state index >= 15 is 0 Å². The fourth-order valence-corrected chi connectivity index (χ4v) is 2.41. The zero-order valence-electron chi connectivity index (χ0n) is 10.7. The van der Waals surface area contributed by atoms with Gasteiger partial charge in [-0.25, -0.2) is 0 Å². The molecule has 0 heterocycles. The minimum atomic E-state index is -1.36. The molecular weight excluding hydrogens is 270 g/mol. The van der Waals surface area contributed by atoms with Gasteiger partial charge in [-0.3, -0.25) is 0 Å². The highest BCUT2D eigenvalue weighted by Gasteiger charge is 2.32. The van der Waals surface area contributed by atoms with E-state index in [0.29, 0.717) is 21.7 Å². The van der Waals surface area contributed by atoms with E-state index in [9.17, 15) is 5.11 Å². The van der Waals surface area contributed by atoms with E-state index in [1.54, 1.807) is 48.5 Å². The molecule has 1 N–H and O–H groups in total. The SMILES string of the molecule is C#CC[C@@](O)(c1ccc(C#N)cc1)c1ccccc1Cl. The van der Waals surface area contributed by atoms with Gasteiger partial charge in [0.15, 0.2) is 0 Å². The third kappa shape index (κ3) is 2.53. The number of benzene rings is 2. The highest BCUT2D eigenvalue weighted by atomic mass is 35.5. The van der Waals surface area contributed by atoms with Crippen LogP contribution < -0.4 is 0 Å². The van der Waals surface area contributed by atoms with Crippen molar-refractivity contribution in [2.45, 2.75) is 12.0 Å². The molecule has 2 nitrogen and oxygen atoms in total. The molecule has 98 valence electrons. The van der Waals surface area contributed by atoms with Gasteiger partial charge in [-0.15, -0.1) is 12.3 Å². The monoisotopic (exact) mass is 281 g/mol. The minimum Gasteiger partial charge on any atom is -0.379 e. The maximum absolute atomic E-state index is 11.0. The molecule has 0 aliphatic rings. The van der Waals surface area contributed by atoms with Crippen LogP contribution in [0.25, 0.3) is 0 Å². The van der Waals surface area contributed by atoms with Crippen LogP contribution in [-0.4, -0.2) is 5.11 Å². The predicted octanol–water partition coefficient (Wildman–Crippen LogP) is 3.47. The number of hydrogen-bond acceptors (Lipinski definition) is 2. The van der Waals surface area contributed by atoms with E-state index in [1.807, 2.05) is 6.07 Å². The van der Waals surface area contributed by atoms with Gasteiger partial charge < -0.3 is 5.11 Å². The number of hydrogen-bond donors (Lipinski definition) is 1. The van der Waals surface area contributed by atoms with Crippen LogP contribution in [0, 0.1) is 23.7 Å². The van der Waals surface area contributed by atoms with Crippen molar-refractivity contribution >= 4 is 11.6 Å². The van der Waals surface area contributed by atoms with Crippen LogP contribution in [0.5, 0.6) is 0 Å². The van der Waals surface area contributed by atoms with E-state index in [2.05, 4.69) is 5.92 Å². The lowest BCUT2D eigenvalue weighted by Crippen LogP contribution is -2.27. The van der Waals surface area contributed by atoms with Crippen LogP contribution in [0.2, 0.25) is 5.02 Å². The highest BCUT2D eigenvalue weighted by Crippen LogP contribution is 2.36. The normalized spacial score (nSPS) is 13.0. The van der Waals surface area contributed by atoms with Gasteiger partial charge in [0.25, 0.3) is 0 Å². The molecule has 0 radical (unpaired) electrons. The molecule has 0 amide bonds. The molecule has 0 spiro atoms.